The van der Waals surface area contributed by atoms with Gasteiger partial charge in [-0.25, -0.2) is 0 Å². The van der Waals surface area contributed by atoms with Gasteiger partial charge in [0.2, 0.25) is 0 Å². The van der Waals surface area contributed by atoms with Crippen molar-refractivity contribution in [1.29, 1.82) is 0 Å². The number of nitrogens with zero attached hydrogens (tertiary/aromatic N) is 1. The normalized spacial score (nSPS) is 10.7. The highest BCUT2D eigenvalue weighted by Crippen LogP contribution is 2.31. The SMILES string of the molecule is Nc1ccc2c(Nc3ccc(Br)cc3Br)ccnc2c1. The molecule has 3 aromatic rings. The summed E-state index contributed by atoms with van der Waals surface area (Å²) in [5.74, 6) is 0. The van der Waals surface area contributed by atoms with Crippen molar-refractivity contribution in [3.8, 4) is 0 Å². The van der Waals surface area contributed by atoms with Crippen LogP contribution in [0.3, 0.4) is 0 Å². The number of rotatable bonds is 2. The molecule has 1 heterocycles. The third kappa shape index (κ3) is 2.64. The van der Waals surface area contributed by atoms with E-state index in [2.05, 4.69) is 42.2 Å². The van der Waals surface area contributed by atoms with Gasteiger partial charge in [-0.2, -0.15) is 0 Å². The third-order valence-electron chi connectivity index (χ3n) is 2.97. The molecule has 3 rings (SSSR count). The molecule has 0 aliphatic carbocycles. The lowest BCUT2D eigenvalue weighted by molar-refractivity contribution is 1.40. The summed E-state index contributed by atoms with van der Waals surface area (Å²) in [5.41, 5.74) is 9.38. The van der Waals surface area contributed by atoms with Crippen molar-refractivity contribution in [2.24, 2.45) is 0 Å². The van der Waals surface area contributed by atoms with Gasteiger partial charge in [0, 0.05) is 31.9 Å². The van der Waals surface area contributed by atoms with Gasteiger partial charge in [-0.05, 0) is 58.4 Å². The second kappa shape index (κ2) is 5.42. The molecule has 20 heavy (non-hydrogen) atoms. The maximum Gasteiger partial charge on any atom is 0.0743 e. The number of nitrogen functional groups attached to an aromatic ring is 1. The lowest BCUT2D eigenvalue weighted by Crippen LogP contribution is -1.94. The Kier molecular flexibility index (Phi) is 3.63. The first-order valence-corrected chi connectivity index (χ1v) is 7.58. The Bertz CT molecular complexity index is 787. The number of pyridine rings is 1. The lowest BCUT2D eigenvalue weighted by atomic mass is 10.1. The lowest BCUT2D eigenvalue weighted by Gasteiger charge is -2.11. The summed E-state index contributed by atoms with van der Waals surface area (Å²) in [6, 6.07) is 13.7. The number of hydrogen-bond acceptors (Lipinski definition) is 3. The first-order valence-electron chi connectivity index (χ1n) is 6.00. The molecule has 2 aromatic carbocycles. The fourth-order valence-corrected chi connectivity index (χ4v) is 3.16. The second-order valence-corrected chi connectivity index (χ2v) is 6.15. The number of aromatic nitrogens is 1. The molecule has 1 aromatic heterocycles. The Morgan fingerprint density at radius 2 is 1.80 bits per heavy atom. The molecule has 0 amide bonds. The van der Waals surface area contributed by atoms with Crippen LogP contribution in [0.15, 0.2) is 57.6 Å². The van der Waals surface area contributed by atoms with Crippen LogP contribution in [0.5, 0.6) is 0 Å². The highest BCUT2D eigenvalue weighted by molar-refractivity contribution is 9.11. The third-order valence-corrected chi connectivity index (χ3v) is 4.12. The van der Waals surface area contributed by atoms with Crippen LogP contribution in [-0.4, -0.2) is 4.98 Å². The summed E-state index contributed by atoms with van der Waals surface area (Å²) in [7, 11) is 0. The smallest absolute Gasteiger partial charge is 0.0743 e. The van der Waals surface area contributed by atoms with E-state index in [0.717, 1.165) is 31.2 Å². The van der Waals surface area contributed by atoms with Crippen molar-refractivity contribution in [3.05, 3.63) is 57.6 Å². The molecule has 3 N–H and O–H groups in total. The van der Waals surface area contributed by atoms with E-state index in [9.17, 15) is 0 Å². The van der Waals surface area contributed by atoms with E-state index in [-0.39, 0.29) is 0 Å². The molecule has 0 radical (unpaired) electrons. The second-order valence-electron chi connectivity index (χ2n) is 4.38. The first-order chi connectivity index (χ1) is 9.63. The molecule has 5 heteroatoms. The topological polar surface area (TPSA) is 50.9 Å². The van der Waals surface area contributed by atoms with E-state index in [0.29, 0.717) is 5.69 Å². The number of benzene rings is 2. The fourth-order valence-electron chi connectivity index (χ4n) is 2.01. The number of halogens is 2. The summed E-state index contributed by atoms with van der Waals surface area (Å²) in [6.07, 6.45) is 1.77. The van der Waals surface area contributed by atoms with E-state index in [4.69, 9.17) is 5.73 Å². The van der Waals surface area contributed by atoms with Gasteiger partial charge >= 0.3 is 0 Å². The average Bonchev–Trinajstić information content (AvgIpc) is 2.41. The summed E-state index contributed by atoms with van der Waals surface area (Å²) < 4.78 is 2.02. The van der Waals surface area contributed by atoms with Crippen molar-refractivity contribution in [2.75, 3.05) is 11.1 Å². The van der Waals surface area contributed by atoms with Crippen LogP contribution < -0.4 is 11.1 Å². The van der Waals surface area contributed by atoms with Crippen LogP contribution in [0.2, 0.25) is 0 Å². The quantitative estimate of drug-likeness (QED) is 0.597. The van der Waals surface area contributed by atoms with Gasteiger partial charge < -0.3 is 11.1 Å². The minimum absolute atomic E-state index is 0.715. The fraction of sp³-hybridized carbons (Fsp3) is 0. The predicted molar refractivity (Wildman–Crippen MR) is 91.3 cm³/mol. The maximum absolute atomic E-state index is 5.79. The number of hydrogen-bond donors (Lipinski definition) is 2. The molecule has 0 saturated carbocycles. The Hall–Kier alpha value is -1.59. The molecule has 0 unspecified atom stereocenters. The maximum atomic E-state index is 5.79. The number of fused-ring (bicyclic) bond motifs is 1. The summed E-state index contributed by atoms with van der Waals surface area (Å²) in [5, 5.41) is 4.45. The number of nitrogens with two attached hydrogens (primary N) is 1. The molecular formula is C15H11Br2N3. The monoisotopic (exact) mass is 391 g/mol. The van der Waals surface area contributed by atoms with Crippen LogP contribution in [0.4, 0.5) is 17.1 Å². The molecule has 3 nitrogen and oxygen atoms in total. The average molecular weight is 393 g/mol. The molecular weight excluding hydrogens is 382 g/mol. The first kappa shape index (κ1) is 13.4. The highest BCUT2D eigenvalue weighted by atomic mass is 79.9. The standard InChI is InChI=1S/C15H11Br2N3/c16-9-1-4-14(12(17)7-9)20-13-5-6-19-15-8-10(18)2-3-11(13)15/h1-8H,18H2,(H,19,20). The zero-order valence-corrected chi connectivity index (χ0v) is 13.6. The van der Waals surface area contributed by atoms with E-state index in [1.807, 2.05) is 42.5 Å². The minimum atomic E-state index is 0.715. The number of anilines is 3. The van der Waals surface area contributed by atoms with E-state index in [1.54, 1.807) is 6.20 Å². The van der Waals surface area contributed by atoms with Gasteiger partial charge in [-0.1, -0.05) is 15.9 Å². The van der Waals surface area contributed by atoms with Crippen molar-refractivity contribution in [2.45, 2.75) is 0 Å². The van der Waals surface area contributed by atoms with E-state index >= 15 is 0 Å². The molecule has 0 atom stereocenters. The van der Waals surface area contributed by atoms with Crippen LogP contribution in [0.1, 0.15) is 0 Å². The van der Waals surface area contributed by atoms with Crippen molar-refractivity contribution < 1.29 is 0 Å². The molecule has 100 valence electrons. The Morgan fingerprint density at radius 1 is 0.950 bits per heavy atom. The summed E-state index contributed by atoms with van der Waals surface area (Å²) >= 11 is 7.00. The van der Waals surface area contributed by atoms with Gasteiger partial charge in [0.1, 0.15) is 0 Å². The number of nitrogens with one attached hydrogen (secondary N) is 1. The molecule has 0 aliphatic heterocycles. The van der Waals surface area contributed by atoms with Gasteiger partial charge in [-0.3, -0.25) is 4.98 Å². The predicted octanol–water partition coefficient (Wildman–Crippen LogP) is 5.09. The van der Waals surface area contributed by atoms with Crippen LogP contribution in [-0.2, 0) is 0 Å². The Balaban J connectivity index is 2.06. The van der Waals surface area contributed by atoms with Crippen LogP contribution in [0, 0.1) is 0 Å². The molecule has 0 aliphatic rings. The van der Waals surface area contributed by atoms with Gasteiger partial charge in [-0.15, -0.1) is 0 Å². The Morgan fingerprint density at radius 3 is 2.60 bits per heavy atom. The summed E-state index contributed by atoms with van der Waals surface area (Å²) in [4.78, 5) is 4.34. The van der Waals surface area contributed by atoms with E-state index in [1.165, 1.54) is 0 Å². The minimum Gasteiger partial charge on any atom is -0.399 e. The molecule has 0 fully saturated rings. The van der Waals surface area contributed by atoms with Crippen molar-refractivity contribution in [1.82, 2.24) is 4.98 Å². The van der Waals surface area contributed by atoms with Crippen LogP contribution >= 0.6 is 31.9 Å². The Labute approximate surface area is 133 Å². The van der Waals surface area contributed by atoms with Gasteiger partial charge in [0.05, 0.1) is 11.2 Å². The molecule has 0 bridgehead atoms. The van der Waals surface area contributed by atoms with Crippen molar-refractivity contribution >= 4 is 59.8 Å². The highest BCUT2D eigenvalue weighted by Gasteiger charge is 2.05. The molecule has 0 saturated heterocycles. The summed E-state index contributed by atoms with van der Waals surface area (Å²) in [6.45, 7) is 0. The van der Waals surface area contributed by atoms with Crippen molar-refractivity contribution in [3.63, 3.8) is 0 Å². The molecule has 0 spiro atoms. The zero-order chi connectivity index (χ0) is 14.1. The van der Waals surface area contributed by atoms with E-state index < -0.39 is 0 Å². The van der Waals surface area contributed by atoms with Gasteiger partial charge in [0.25, 0.3) is 0 Å². The van der Waals surface area contributed by atoms with Crippen LogP contribution in [0.25, 0.3) is 10.9 Å². The zero-order valence-electron chi connectivity index (χ0n) is 10.4. The largest absolute Gasteiger partial charge is 0.399 e. The van der Waals surface area contributed by atoms with Gasteiger partial charge in [0.15, 0.2) is 0 Å².